The summed E-state index contributed by atoms with van der Waals surface area (Å²) >= 11 is 0. The van der Waals surface area contributed by atoms with Crippen LogP contribution in [-0.2, 0) is 19.1 Å². The van der Waals surface area contributed by atoms with Crippen LogP contribution in [0.3, 0.4) is 0 Å². The average Bonchev–Trinajstić information content (AvgIpc) is 3.06. The third-order valence-electron chi connectivity index (χ3n) is 5.67. The Balaban J connectivity index is 0.000000288. The molecule has 0 spiro atoms. The van der Waals surface area contributed by atoms with Gasteiger partial charge in [0.15, 0.2) is 19.0 Å². The average molecular weight is 684 g/mol. The highest BCUT2D eigenvalue weighted by molar-refractivity contribution is 5.72. The molecule has 0 aliphatic carbocycles. The number of anilines is 4. The first-order valence-electron chi connectivity index (χ1n) is 14.3. The Morgan fingerprint density at radius 2 is 1.14 bits per heavy atom. The van der Waals surface area contributed by atoms with Crippen molar-refractivity contribution in [3.8, 4) is 17.2 Å². The molecule has 4 aromatic carbocycles. The van der Waals surface area contributed by atoms with Gasteiger partial charge in [-0.25, -0.2) is 14.0 Å². The number of nitrogen functional groups attached to an aromatic ring is 2. The Kier molecular flexibility index (Phi) is 15.5. The number of phenols is 1. The molecule has 16 nitrogen and oxygen atoms in total. The van der Waals surface area contributed by atoms with E-state index in [1.165, 1.54) is 12.1 Å². The summed E-state index contributed by atoms with van der Waals surface area (Å²) in [5.74, 6) is -2.03. The molecule has 0 saturated heterocycles. The van der Waals surface area contributed by atoms with Gasteiger partial charge in [-0.15, -0.1) is 0 Å². The Labute approximate surface area is 279 Å². The van der Waals surface area contributed by atoms with Gasteiger partial charge in [-0.3, -0.25) is 20.2 Å². The van der Waals surface area contributed by atoms with Crippen molar-refractivity contribution in [1.82, 2.24) is 0 Å². The fourth-order valence-corrected chi connectivity index (χ4v) is 3.50. The molecule has 49 heavy (non-hydrogen) atoms. The first-order valence-corrected chi connectivity index (χ1v) is 14.3. The third kappa shape index (κ3) is 14.1. The first-order chi connectivity index (χ1) is 23.3. The maximum absolute atomic E-state index is 12.9. The molecule has 0 radical (unpaired) electrons. The van der Waals surface area contributed by atoms with E-state index in [1.807, 2.05) is 0 Å². The minimum absolute atomic E-state index is 0.0199. The number of nitro benzene ring substituents is 2. The van der Waals surface area contributed by atoms with Crippen molar-refractivity contribution in [2.75, 3.05) is 43.2 Å². The van der Waals surface area contributed by atoms with Gasteiger partial charge in [0.1, 0.15) is 11.6 Å². The molecule has 0 unspecified atom stereocenters. The van der Waals surface area contributed by atoms with E-state index in [2.05, 4.69) is 10.1 Å². The molecule has 0 amide bonds. The number of rotatable bonds is 12. The smallest absolute Gasteiger partial charge is 0.344 e. The Morgan fingerprint density at radius 3 is 1.59 bits per heavy atom. The zero-order chi connectivity index (χ0) is 36.3. The fraction of sp³-hybridized carbons (Fsp3) is 0.188. The SMILES string of the molecule is CCOC(=O)COc1cc(F)ccc1[N+](=O)[O-].CCOC(=O)COc1cc(Nc2ccc(N)cc2)ccc1[N+](=O)[O-].Nc1ccc(O)cc1. The number of ether oxygens (including phenoxy) is 4. The maximum Gasteiger partial charge on any atom is 0.344 e. The van der Waals surface area contributed by atoms with Gasteiger partial charge >= 0.3 is 23.3 Å². The van der Waals surface area contributed by atoms with Crippen LogP contribution < -0.4 is 26.3 Å². The van der Waals surface area contributed by atoms with E-state index in [0.29, 0.717) is 17.1 Å². The summed E-state index contributed by atoms with van der Waals surface area (Å²) in [6.45, 7) is 2.76. The Morgan fingerprint density at radius 1 is 0.714 bits per heavy atom. The predicted molar refractivity (Wildman–Crippen MR) is 177 cm³/mol. The van der Waals surface area contributed by atoms with Gasteiger partial charge in [0.05, 0.1) is 23.1 Å². The van der Waals surface area contributed by atoms with Gasteiger partial charge in [0.2, 0.25) is 5.75 Å². The van der Waals surface area contributed by atoms with Gasteiger partial charge < -0.3 is 40.8 Å². The molecule has 4 aromatic rings. The lowest BCUT2D eigenvalue weighted by Gasteiger charge is -2.10. The minimum Gasteiger partial charge on any atom is -0.508 e. The molecule has 0 bridgehead atoms. The quantitative estimate of drug-likeness (QED) is 0.0473. The third-order valence-corrected chi connectivity index (χ3v) is 5.67. The highest BCUT2D eigenvalue weighted by Gasteiger charge is 2.18. The van der Waals surface area contributed by atoms with Crippen molar-refractivity contribution in [2.45, 2.75) is 13.8 Å². The molecular weight excluding hydrogens is 649 g/mol. The van der Waals surface area contributed by atoms with Gasteiger partial charge in [0.25, 0.3) is 0 Å². The number of hydrogen-bond donors (Lipinski definition) is 4. The van der Waals surface area contributed by atoms with Crippen LogP contribution in [-0.4, -0.2) is 53.3 Å². The lowest BCUT2D eigenvalue weighted by atomic mass is 10.2. The van der Waals surface area contributed by atoms with E-state index in [0.717, 1.165) is 23.9 Å². The molecule has 0 atom stereocenters. The lowest BCUT2D eigenvalue weighted by Crippen LogP contribution is -2.15. The molecule has 0 heterocycles. The molecule has 6 N–H and O–H groups in total. The molecule has 0 aromatic heterocycles. The zero-order valence-electron chi connectivity index (χ0n) is 26.4. The normalized spacial score (nSPS) is 9.78. The summed E-state index contributed by atoms with van der Waals surface area (Å²) in [5, 5.41) is 33.4. The van der Waals surface area contributed by atoms with Gasteiger partial charge in [-0.2, -0.15) is 0 Å². The molecule has 4 rings (SSSR count). The number of benzene rings is 4. The van der Waals surface area contributed by atoms with E-state index in [9.17, 15) is 34.2 Å². The zero-order valence-corrected chi connectivity index (χ0v) is 26.4. The van der Waals surface area contributed by atoms with Crippen LogP contribution in [0.15, 0.2) is 84.9 Å². The Hall–Kier alpha value is -6.65. The van der Waals surface area contributed by atoms with E-state index >= 15 is 0 Å². The standard InChI is InChI=1S/C16H17N3O5.C10H10FNO5.C6H7NO/c1-2-23-16(20)10-24-15-9-13(7-8-14(15)19(21)22)18-12-5-3-11(17)4-6-12;1-2-16-10(13)6-17-9-5-7(11)3-4-8(9)12(14)15;7-5-1-3-6(8)4-2-5/h3-9,18H,2,10,17H2,1H3;3-5H,2,6H2,1H3;1-4,8H,7H2. The van der Waals surface area contributed by atoms with Crippen LogP contribution in [0.25, 0.3) is 0 Å². The summed E-state index contributed by atoms with van der Waals surface area (Å²) < 4.78 is 32.2. The number of halogens is 1. The molecule has 260 valence electrons. The largest absolute Gasteiger partial charge is 0.508 e. The second-order valence-corrected chi connectivity index (χ2v) is 9.33. The van der Waals surface area contributed by atoms with Crippen molar-refractivity contribution >= 4 is 46.1 Å². The summed E-state index contributed by atoms with van der Waals surface area (Å²) in [6.07, 6.45) is 0. The number of hydrogen-bond acceptors (Lipinski definition) is 14. The van der Waals surface area contributed by atoms with E-state index in [1.54, 1.807) is 68.4 Å². The van der Waals surface area contributed by atoms with E-state index < -0.39 is 46.5 Å². The highest BCUT2D eigenvalue weighted by Crippen LogP contribution is 2.32. The van der Waals surface area contributed by atoms with Crippen LogP contribution in [0.2, 0.25) is 0 Å². The van der Waals surface area contributed by atoms with E-state index in [4.69, 9.17) is 30.8 Å². The number of phenolic OH excluding ortho intramolecular Hbond substituents is 1. The van der Waals surface area contributed by atoms with Gasteiger partial charge in [0, 0.05) is 47.0 Å². The summed E-state index contributed by atoms with van der Waals surface area (Å²) in [6, 6.07) is 20.5. The number of carbonyl (C=O) groups excluding carboxylic acids is 2. The molecule has 0 saturated carbocycles. The highest BCUT2D eigenvalue weighted by atomic mass is 19.1. The fourth-order valence-electron chi connectivity index (χ4n) is 3.50. The molecule has 0 aliphatic heterocycles. The number of aromatic hydroxyl groups is 1. The number of carbonyl (C=O) groups is 2. The van der Waals surface area contributed by atoms with Crippen LogP contribution in [0.4, 0.5) is 38.5 Å². The Bertz CT molecular complexity index is 1680. The van der Waals surface area contributed by atoms with Crippen LogP contribution in [0.5, 0.6) is 17.2 Å². The van der Waals surface area contributed by atoms with Crippen molar-refractivity contribution in [1.29, 1.82) is 0 Å². The summed E-state index contributed by atoms with van der Waals surface area (Å²) in [5.41, 5.74) is 12.9. The second kappa shape index (κ2) is 19.8. The number of nitro groups is 2. The number of nitrogens with two attached hydrogens (primary N) is 2. The van der Waals surface area contributed by atoms with Gasteiger partial charge in [-0.1, -0.05) is 0 Å². The van der Waals surface area contributed by atoms with Crippen molar-refractivity contribution in [3.05, 3.63) is 111 Å². The maximum atomic E-state index is 12.9. The number of esters is 2. The monoisotopic (exact) mass is 683 g/mol. The topological polar surface area (TPSA) is 242 Å². The van der Waals surface area contributed by atoms with Crippen LogP contribution >= 0.6 is 0 Å². The van der Waals surface area contributed by atoms with Crippen molar-refractivity contribution < 1.29 is 47.9 Å². The molecule has 0 fully saturated rings. The second-order valence-electron chi connectivity index (χ2n) is 9.33. The number of nitrogens with zero attached hydrogens (tertiary/aromatic N) is 2. The first kappa shape index (κ1) is 38.5. The van der Waals surface area contributed by atoms with E-state index in [-0.39, 0.29) is 36.1 Å². The van der Waals surface area contributed by atoms with Crippen LogP contribution in [0, 0.1) is 26.0 Å². The van der Waals surface area contributed by atoms with Crippen LogP contribution in [0.1, 0.15) is 13.8 Å². The molecular formula is C32H34FN5O11. The molecule has 17 heteroatoms. The number of nitrogens with one attached hydrogen (secondary N) is 1. The summed E-state index contributed by atoms with van der Waals surface area (Å²) in [4.78, 5) is 42.7. The van der Waals surface area contributed by atoms with Crippen molar-refractivity contribution in [3.63, 3.8) is 0 Å². The molecule has 0 aliphatic rings. The van der Waals surface area contributed by atoms with Crippen molar-refractivity contribution in [2.24, 2.45) is 0 Å². The van der Waals surface area contributed by atoms with Gasteiger partial charge in [-0.05, 0) is 74.5 Å². The summed E-state index contributed by atoms with van der Waals surface area (Å²) in [7, 11) is 0. The minimum atomic E-state index is -0.722. The lowest BCUT2D eigenvalue weighted by molar-refractivity contribution is -0.386. The predicted octanol–water partition coefficient (Wildman–Crippen LogP) is 5.51.